The van der Waals surface area contributed by atoms with Crippen LogP contribution in [0.5, 0.6) is 5.75 Å². The molecule has 0 heterocycles. The van der Waals surface area contributed by atoms with Crippen LogP contribution >= 0.6 is 0 Å². The Morgan fingerprint density at radius 2 is 1.81 bits per heavy atom. The first kappa shape index (κ1) is 19.2. The molecule has 2 rings (SSSR count). The molecular weight excluding hydrogens is 332 g/mol. The Hall–Kier alpha value is -3.15. The highest BCUT2D eigenvalue weighted by molar-refractivity contribution is 6.03. The molecule has 2 aromatic carbocycles. The fraction of sp³-hybridized carbons (Fsp3) is 0.250. The van der Waals surface area contributed by atoms with Crippen LogP contribution in [0.4, 0.5) is 11.4 Å². The van der Waals surface area contributed by atoms with Crippen molar-refractivity contribution in [1.29, 1.82) is 0 Å². The van der Waals surface area contributed by atoms with Crippen LogP contribution in [0.1, 0.15) is 31.9 Å². The Bertz CT molecular complexity index is 834. The summed E-state index contributed by atoms with van der Waals surface area (Å²) in [5.41, 5.74) is 2.29. The van der Waals surface area contributed by atoms with Crippen LogP contribution < -0.4 is 10.1 Å². The molecule has 0 bridgehead atoms. The summed E-state index contributed by atoms with van der Waals surface area (Å²) >= 11 is 0. The number of ether oxygens (including phenoxy) is 1. The second-order valence-corrected chi connectivity index (χ2v) is 6.84. The summed E-state index contributed by atoms with van der Waals surface area (Å²) in [6, 6.07) is 12.0. The smallest absolute Gasteiger partial charge is 0.271 e. The average molecular weight is 354 g/mol. The van der Waals surface area contributed by atoms with Crippen LogP contribution in [0.2, 0.25) is 0 Å². The number of rotatable bonds is 5. The van der Waals surface area contributed by atoms with Crippen molar-refractivity contribution in [1.82, 2.24) is 0 Å². The maximum atomic E-state index is 12.1. The largest absolute Gasteiger partial charge is 0.495 e. The summed E-state index contributed by atoms with van der Waals surface area (Å²) in [7, 11) is 1.43. The predicted octanol–water partition coefficient (Wildman–Crippen LogP) is 4.55. The van der Waals surface area contributed by atoms with Gasteiger partial charge < -0.3 is 10.1 Å². The number of amides is 1. The lowest BCUT2D eigenvalue weighted by atomic mass is 9.87. The zero-order valence-corrected chi connectivity index (χ0v) is 15.3. The van der Waals surface area contributed by atoms with Gasteiger partial charge in [0.15, 0.2) is 0 Å². The van der Waals surface area contributed by atoms with Gasteiger partial charge in [-0.15, -0.1) is 0 Å². The molecule has 0 saturated heterocycles. The van der Waals surface area contributed by atoms with Gasteiger partial charge >= 0.3 is 0 Å². The van der Waals surface area contributed by atoms with Crippen molar-refractivity contribution in [3.8, 4) is 5.75 Å². The molecule has 0 saturated carbocycles. The highest BCUT2D eigenvalue weighted by Gasteiger charge is 2.13. The van der Waals surface area contributed by atoms with E-state index in [4.69, 9.17) is 4.74 Å². The number of carbonyl (C=O) groups excluding carboxylic acids is 1. The van der Waals surface area contributed by atoms with Gasteiger partial charge in [0.2, 0.25) is 5.91 Å². The SMILES string of the molecule is COc1ccc([N+](=O)[O-])cc1NC(=O)C=Cc1ccc(C(C)(C)C)cc1. The number of hydrogen-bond acceptors (Lipinski definition) is 4. The van der Waals surface area contributed by atoms with E-state index in [2.05, 4.69) is 26.1 Å². The summed E-state index contributed by atoms with van der Waals surface area (Å²) in [5, 5.41) is 13.5. The molecule has 0 fully saturated rings. The van der Waals surface area contributed by atoms with Gasteiger partial charge in [-0.3, -0.25) is 14.9 Å². The molecule has 1 amide bonds. The van der Waals surface area contributed by atoms with Crippen molar-refractivity contribution < 1.29 is 14.5 Å². The minimum Gasteiger partial charge on any atom is -0.495 e. The van der Waals surface area contributed by atoms with E-state index < -0.39 is 10.8 Å². The number of nitrogens with one attached hydrogen (secondary N) is 1. The molecule has 0 unspecified atom stereocenters. The molecule has 0 radical (unpaired) electrons. The van der Waals surface area contributed by atoms with Crippen molar-refractivity contribution in [2.75, 3.05) is 12.4 Å². The number of nitro groups is 1. The molecule has 26 heavy (non-hydrogen) atoms. The topological polar surface area (TPSA) is 81.5 Å². The van der Waals surface area contributed by atoms with Crippen molar-refractivity contribution in [3.63, 3.8) is 0 Å². The van der Waals surface area contributed by atoms with Crippen LogP contribution in [0.25, 0.3) is 6.08 Å². The highest BCUT2D eigenvalue weighted by Crippen LogP contribution is 2.29. The van der Waals surface area contributed by atoms with E-state index in [-0.39, 0.29) is 16.8 Å². The van der Waals surface area contributed by atoms with Crippen molar-refractivity contribution >= 4 is 23.4 Å². The molecule has 0 aromatic heterocycles. The third-order valence-corrected chi connectivity index (χ3v) is 3.86. The molecule has 0 spiro atoms. The molecule has 0 aliphatic rings. The zero-order chi connectivity index (χ0) is 19.3. The van der Waals surface area contributed by atoms with E-state index in [0.717, 1.165) is 5.56 Å². The second-order valence-electron chi connectivity index (χ2n) is 6.84. The first-order chi connectivity index (χ1) is 12.2. The summed E-state index contributed by atoms with van der Waals surface area (Å²) in [6.45, 7) is 6.41. The van der Waals surface area contributed by atoms with Gasteiger partial charge in [0.05, 0.1) is 17.7 Å². The normalized spacial score (nSPS) is 11.4. The van der Waals surface area contributed by atoms with E-state index in [0.29, 0.717) is 5.75 Å². The lowest BCUT2D eigenvalue weighted by Gasteiger charge is -2.18. The summed E-state index contributed by atoms with van der Waals surface area (Å²) < 4.78 is 5.13. The third-order valence-electron chi connectivity index (χ3n) is 3.86. The van der Waals surface area contributed by atoms with Gasteiger partial charge in [-0.2, -0.15) is 0 Å². The lowest BCUT2D eigenvalue weighted by molar-refractivity contribution is -0.384. The van der Waals surface area contributed by atoms with E-state index in [1.807, 2.05) is 24.3 Å². The summed E-state index contributed by atoms with van der Waals surface area (Å²) in [6.07, 6.45) is 3.07. The zero-order valence-electron chi connectivity index (χ0n) is 15.3. The first-order valence-corrected chi connectivity index (χ1v) is 8.13. The monoisotopic (exact) mass is 354 g/mol. The molecule has 0 atom stereocenters. The molecule has 1 N–H and O–H groups in total. The number of hydrogen-bond donors (Lipinski definition) is 1. The summed E-state index contributed by atoms with van der Waals surface area (Å²) in [5.74, 6) is -0.0458. The second kappa shape index (κ2) is 7.82. The van der Waals surface area contributed by atoms with Gasteiger partial charge in [0.1, 0.15) is 5.75 Å². The van der Waals surface area contributed by atoms with Gasteiger partial charge in [-0.25, -0.2) is 0 Å². The fourth-order valence-electron chi connectivity index (χ4n) is 2.35. The Kier molecular flexibility index (Phi) is 5.77. The number of methoxy groups -OCH3 is 1. The average Bonchev–Trinajstić information content (AvgIpc) is 2.59. The van der Waals surface area contributed by atoms with Crippen molar-refractivity contribution in [2.24, 2.45) is 0 Å². The van der Waals surface area contributed by atoms with Gasteiger partial charge in [-0.1, -0.05) is 45.0 Å². The van der Waals surface area contributed by atoms with E-state index >= 15 is 0 Å². The molecule has 6 nitrogen and oxygen atoms in total. The van der Waals surface area contributed by atoms with Crippen LogP contribution in [0, 0.1) is 10.1 Å². The van der Waals surface area contributed by atoms with Gasteiger partial charge in [0, 0.05) is 18.2 Å². The first-order valence-electron chi connectivity index (χ1n) is 8.13. The fourth-order valence-corrected chi connectivity index (χ4v) is 2.35. The van der Waals surface area contributed by atoms with Crippen LogP contribution in [-0.2, 0) is 10.2 Å². The summed E-state index contributed by atoms with van der Waals surface area (Å²) in [4.78, 5) is 22.5. The Labute approximate surface area is 152 Å². The highest BCUT2D eigenvalue weighted by atomic mass is 16.6. The molecule has 136 valence electrons. The number of benzene rings is 2. The van der Waals surface area contributed by atoms with Crippen LogP contribution in [0.3, 0.4) is 0 Å². The molecular formula is C20H22N2O4. The quantitative estimate of drug-likeness (QED) is 0.485. The number of non-ortho nitro benzene ring substituents is 1. The standard InChI is InChI=1S/C20H22N2O4/c1-20(2,3)15-8-5-14(6-9-15)7-12-19(23)21-17-13-16(22(24)25)10-11-18(17)26-4/h5-13H,1-4H3,(H,21,23). The molecule has 6 heteroatoms. The lowest BCUT2D eigenvalue weighted by Crippen LogP contribution is -2.10. The number of anilines is 1. The third kappa shape index (κ3) is 4.92. The Morgan fingerprint density at radius 1 is 1.15 bits per heavy atom. The number of nitrogens with zero attached hydrogens (tertiary/aromatic N) is 1. The molecule has 0 aliphatic heterocycles. The molecule has 2 aromatic rings. The van der Waals surface area contributed by atoms with E-state index in [1.54, 1.807) is 6.08 Å². The number of nitro benzene ring substituents is 1. The van der Waals surface area contributed by atoms with Gasteiger partial charge in [-0.05, 0) is 28.7 Å². The van der Waals surface area contributed by atoms with E-state index in [1.165, 1.54) is 36.9 Å². The van der Waals surface area contributed by atoms with E-state index in [9.17, 15) is 14.9 Å². The minimum atomic E-state index is -0.526. The van der Waals surface area contributed by atoms with Crippen LogP contribution in [0.15, 0.2) is 48.5 Å². The number of carbonyl (C=O) groups is 1. The van der Waals surface area contributed by atoms with Crippen molar-refractivity contribution in [2.45, 2.75) is 26.2 Å². The van der Waals surface area contributed by atoms with Crippen LogP contribution in [-0.4, -0.2) is 17.9 Å². The Morgan fingerprint density at radius 3 is 2.35 bits per heavy atom. The minimum absolute atomic E-state index is 0.0677. The van der Waals surface area contributed by atoms with Crippen molar-refractivity contribution in [3.05, 3.63) is 69.8 Å². The maximum absolute atomic E-state index is 12.1. The van der Waals surface area contributed by atoms with Gasteiger partial charge in [0.25, 0.3) is 5.69 Å². The predicted molar refractivity (Wildman–Crippen MR) is 102 cm³/mol. The maximum Gasteiger partial charge on any atom is 0.271 e. The Balaban J connectivity index is 2.12. The molecule has 0 aliphatic carbocycles.